The molecule has 1 aromatic heterocycles. The number of sulfonamides is 1. The first-order valence-corrected chi connectivity index (χ1v) is 12.9. The topological polar surface area (TPSA) is 89.3 Å². The molecule has 4 rings (SSSR count). The lowest BCUT2D eigenvalue weighted by atomic mass is 9.96. The fourth-order valence-corrected chi connectivity index (χ4v) is 5.75. The van der Waals surface area contributed by atoms with Crippen molar-refractivity contribution in [3.63, 3.8) is 0 Å². The summed E-state index contributed by atoms with van der Waals surface area (Å²) < 4.78 is 43.9. The lowest BCUT2D eigenvalue weighted by molar-refractivity contribution is -0.123. The molecule has 1 saturated heterocycles. The SMILES string of the molecule is COc1ccc(S(=O)(=O)N2CCC(C(=O)N(Cc3ccco3)c3ccc(C)cc3)CC2)cc1OC. The van der Waals surface area contributed by atoms with Crippen molar-refractivity contribution in [2.24, 2.45) is 5.92 Å². The first-order chi connectivity index (χ1) is 16.8. The molecule has 2 heterocycles. The number of benzene rings is 2. The minimum Gasteiger partial charge on any atom is -0.493 e. The van der Waals surface area contributed by atoms with Crippen molar-refractivity contribution >= 4 is 21.6 Å². The van der Waals surface area contributed by atoms with E-state index in [2.05, 4.69) is 0 Å². The fraction of sp³-hybridized carbons (Fsp3) is 0.346. The Labute approximate surface area is 206 Å². The average molecular weight is 499 g/mol. The molecule has 35 heavy (non-hydrogen) atoms. The minimum absolute atomic E-state index is 0.0339. The number of carbonyl (C=O) groups is 1. The number of aryl methyl sites for hydroxylation is 1. The Morgan fingerprint density at radius 1 is 1.03 bits per heavy atom. The molecular weight excluding hydrogens is 468 g/mol. The van der Waals surface area contributed by atoms with Crippen molar-refractivity contribution < 1.29 is 27.1 Å². The van der Waals surface area contributed by atoms with E-state index in [0.717, 1.165) is 11.3 Å². The van der Waals surface area contributed by atoms with Crippen LogP contribution >= 0.6 is 0 Å². The number of nitrogens with zero attached hydrogens (tertiary/aromatic N) is 2. The van der Waals surface area contributed by atoms with Gasteiger partial charge < -0.3 is 18.8 Å². The Hall–Kier alpha value is -3.30. The molecule has 0 aliphatic carbocycles. The molecule has 0 N–H and O–H groups in total. The summed E-state index contributed by atoms with van der Waals surface area (Å²) in [7, 11) is -0.763. The van der Waals surface area contributed by atoms with Crippen LogP contribution in [0, 0.1) is 12.8 Å². The lowest BCUT2D eigenvalue weighted by Crippen LogP contribution is -2.44. The Kier molecular flexibility index (Phi) is 7.47. The van der Waals surface area contributed by atoms with Crippen molar-refractivity contribution in [1.82, 2.24) is 4.31 Å². The van der Waals surface area contributed by atoms with Crippen LogP contribution < -0.4 is 14.4 Å². The van der Waals surface area contributed by atoms with Gasteiger partial charge in [-0.1, -0.05) is 17.7 Å². The van der Waals surface area contributed by atoms with E-state index in [-0.39, 0.29) is 29.8 Å². The minimum atomic E-state index is -3.73. The number of carbonyl (C=O) groups excluding carboxylic acids is 1. The van der Waals surface area contributed by atoms with Crippen LogP contribution in [0.4, 0.5) is 5.69 Å². The van der Waals surface area contributed by atoms with Gasteiger partial charge in [-0.3, -0.25) is 4.79 Å². The van der Waals surface area contributed by atoms with Gasteiger partial charge in [-0.15, -0.1) is 0 Å². The normalized spacial score (nSPS) is 15.1. The van der Waals surface area contributed by atoms with E-state index in [0.29, 0.717) is 36.6 Å². The summed E-state index contributed by atoms with van der Waals surface area (Å²) in [5.41, 5.74) is 1.89. The van der Waals surface area contributed by atoms with Crippen molar-refractivity contribution in [1.29, 1.82) is 0 Å². The van der Waals surface area contributed by atoms with E-state index in [1.807, 2.05) is 37.3 Å². The second-order valence-electron chi connectivity index (χ2n) is 8.53. The molecule has 0 atom stereocenters. The molecule has 186 valence electrons. The van der Waals surface area contributed by atoms with Crippen LogP contribution in [-0.4, -0.2) is 45.9 Å². The summed E-state index contributed by atoms with van der Waals surface area (Å²) in [4.78, 5) is 15.4. The zero-order chi connectivity index (χ0) is 25.0. The second kappa shape index (κ2) is 10.5. The van der Waals surface area contributed by atoms with Crippen LogP contribution in [0.1, 0.15) is 24.2 Å². The predicted molar refractivity (Wildman–Crippen MR) is 132 cm³/mol. The van der Waals surface area contributed by atoms with Crippen LogP contribution in [0.15, 0.2) is 70.2 Å². The number of anilines is 1. The summed E-state index contributed by atoms with van der Waals surface area (Å²) in [6.45, 7) is 2.83. The molecule has 0 unspecified atom stereocenters. The molecule has 0 spiro atoms. The number of piperidine rings is 1. The first-order valence-electron chi connectivity index (χ1n) is 11.5. The molecular formula is C26H30N2O6S. The third-order valence-electron chi connectivity index (χ3n) is 6.30. The average Bonchev–Trinajstić information content (AvgIpc) is 3.40. The lowest BCUT2D eigenvalue weighted by Gasteiger charge is -2.33. The molecule has 3 aromatic rings. The number of methoxy groups -OCH3 is 2. The molecule has 1 fully saturated rings. The summed E-state index contributed by atoms with van der Waals surface area (Å²) in [6.07, 6.45) is 2.46. The monoisotopic (exact) mass is 498 g/mol. The molecule has 1 aliphatic heterocycles. The molecule has 1 amide bonds. The van der Waals surface area contributed by atoms with Gasteiger partial charge in [-0.2, -0.15) is 4.31 Å². The Morgan fingerprint density at radius 3 is 2.31 bits per heavy atom. The third kappa shape index (κ3) is 5.36. The number of amides is 1. The van der Waals surface area contributed by atoms with E-state index in [4.69, 9.17) is 13.9 Å². The quantitative estimate of drug-likeness (QED) is 0.462. The van der Waals surface area contributed by atoms with Gasteiger partial charge in [0.1, 0.15) is 5.76 Å². The van der Waals surface area contributed by atoms with Gasteiger partial charge in [0.2, 0.25) is 15.9 Å². The van der Waals surface area contributed by atoms with Crippen LogP contribution in [0.5, 0.6) is 11.5 Å². The van der Waals surface area contributed by atoms with E-state index < -0.39 is 10.0 Å². The maximum atomic E-state index is 13.6. The number of furan rings is 1. The van der Waals surface area contributed by atoms with E-state index in [1.165, 1.54) is 30.7 Å². The van der Waals surface area contributed by atoms with Crippen molar-refractivity contribution in [2.45, 2.75) is 31.2 Å². The number of rotatable bonds is 8. The highest BCUT2D eigenvalue weighted by molar-refractivity contribution is 7.89. The van der Waals surface area contributed by atoms with Gasteiger partial charge in [-0.05, 0) is 56.2 Å². The standard InChI is InChI=1S/C26H30N2O6S/c1-19-6-8-21(9-7-19)28(18-22-5-4-16-34-22)26(29)20-12-14-27(15-13-20)35(30,31)23-10-11-24(32-2)25(17-23)33-3/h4-11,16-17,20H,12-15,18H2,1-3H3. The molecule has 1 aliphatic rings. The molecule has 0 bridgehead atoms. The number of hydrogen-bond acceptors (Lipinski definition) is 6. The first kappa shape index (κ1) is 24.8. The smallest absolute Gasteiger partial charge is 0.243 e. The van der Waals surface area contributed by atoms with Gasteiger partial charge in [0.05, 0.1) is 31.9 Å². The Bertz CT molecular complexity index is 1250. The third-order valence-corrected chi connectivity index (χ3v) is 8.20. The molecule has 2 aromatic carbocycles. The van der Waals surface area contributed by atoms with Gasteiger partial charge in [0.15, 0.2) is 11.5 Å². The number of hydrogen-bond donors (Lipinski definition) is 0. The predicted octanol–water partition coefficient (Wildman–Crippen LogP) is 4.24. The zero-order valence-electron chi connectivity index (χ0n) is 20.1. The highest BCUT2D eigenvalue weighted by Gasteiger charge is 2.35. The van der Waals surface area contributed by atoms with E-state index >= 15 is 0 Å². The highest BCUT2D eigenvalue weighted by Crippen LogP contribution is 2.33. The molecule has 8 nitrogen and oxygen atoms in total. The maximum absolute atomic E-state index is 13.6. The Balaban J connectivity index is 1.49. The van der Waals surface area contributed by atoms with Crippen molar-refractivity contribution in [2.75, 3.05) is 32.2 Å². The van der Waals surface area contributed by atoms with Gasteiger partial charge in [-0.25, -0.2) is 8.42 Å². The number of ether oxygens (including phenoxy) is 2. The summed E-state index contributed by atoms with van der Waals surface area (Å²) in [6, 6.07) is 16.0. The van der Waals surface area contributed by atoms with Crippen molar-refractivity contribution in [3.05, 3.63) is 72.2 Å². The van der Waals surface area contributed by atoms with E-state index in [9.17, 15) is 13.2 Å². The Morgan fingerprint density at radius 2 is 1.71 bits per heavy atom. The van der Waals surface area contributed by atoms with Crippen LogP contribution in [-0.2, 0) is 21.4 Å². The van der Waals surface area contributed by atoms with Gasteiger partial charge in [0.25, 0.3) is 0 Å². The van der Waals surface area contributed by atoms with Gasteiger partial charge in [0, 0.05) is 30.8 Å². The summed E-state index contributed by atoms with van der Waals surface area (Å²) >= 11 is 0. The van der Waals surface area contributed by atoms with Gasteiger partial charge >= 0.3 is 0 Å². The fourth-order valence-electron chi connectivity index (χ4n) is 4.27. The largest absolute Gasteiger partial charge is 0.493 e. The van der Waals surface area contributed by atoms with Crippen LogP contribution in [0.3, 0.4) is 0 Å². The summed E-state index contributed by atoms with van der Waals surface area (Å²) in [5.74, 6) is 1.18. The van der Waals surface area contributed by atoms with Crippen LogP contribution in [0.25, 0.3) is 0 Å². The summed E-state index contributed by atoms with van der Waals surface area (Å²) in [5, 5.41) is 0. The van der Waals surface area contributed by atoms with E-state index in [1.54, 1.807) is 23.3 Å². The molecule has 0 saturated carbocycles. The second-order valence-corrected chi connectivity index (χ2v) is 10.5. The highest BCUT2D eigenvalue weighted by atomic mass is 32.2. The van der Waals surface area contributed by atoms with Crippen LogP contribution in [0.2, 0.25) is 0 Å². The van der Waals surface area contributed by atoms with Crippen molar-refractivity contribution in [3.8, 4) is 11.5 Å². The maximum Gasteiger partial charge on any atom is 0.243 e. The molecule has 0 radical (unpaired) electrons. The molecule has 9 heteroatoms. The zero-order valence-corrected chi connectivity index (χ0v) is 21.0.